The van der Waals surface area contributed by atoms with Gasteiger partial charge in [-0.1, -0.05) is 30.3 Å². The van der Waals surface area contributed by atoms with Crippen LogP contribution in [0.1, 0.15) is 37.1 Å². The summed E-state index contributed by atoms with van der Waals surface area (Å²) in [7, 11) is 0. The lowest BCUT2D eigenvalue weighted by molar-refractivity contribution is 0.475. The molecule has 0 atom stereocenters. The van der Waals surface area contributed by atoms with Gasteiger partial charge in [-0.15, -0.1) is 11.3 Å². The van der Waals surface area contributed by atoms with Crippen LogP contribution in [-0.2, 0) is 19.3 Å². The van der Waals surface area contributed by atoms with E-state index in [0.717, 1.165) is 49.4 Å². The minimum Gasteiger partial charge on any atom is -0.508 e. The summed E-state index contributed by atoms with van der Waals surface area (Å²) in [4.78, 5) is 12.6. The molecule has 4 aromatic rings. The van der Waals surface area contributed by atoms with Gasteiger partial charge in [0.2, 0.25) is 0 Å². The van der Waals surface area contributed by atoms with Crippen molar-refractivity contribution in [1.29, 1.82) is 0 Å². The second-order valence-corrected chi connectivity index (χ2v) is 9.41. The van der Waals surface area contributed by atoms with E-state index < -0.39 is 0 Å². The Bertz CT molecular complexity index is 1210. The summed E-state index contributed by atoms with van der Waals surface area (Å²) < 4.78 is 1.27. The molecule has 4 nitrogen and oxygen atoms in total. The molecular weight excluding hydrogens is 402 g/mol. The third kappa shape index (κ3) is 3.90. The molecular formula is C26H27N3OS. The lowest BCUT2D eigenvalue weighted by atomic mass is 10.0. The number of nitrogens with zero attached hydrogens (tertiary/aromatic N) is 3. The molecule has 1 aliphatic heterocycles. The summed E-state index contributed by atoms with van der Waals surface area (Å²) >= 11 is 1.76. The van der Waals surface area contributed by atoms with E-state index in [0.29, 0.717) is 11.8 Å². The predicted octanol–water partition coefficient (Wildman–Crippen LogP) is 6.01. The van der Waals surface area contributed by atoms with Crippen LogP contribution in [0.25, 0.3) is 21.5 Å². The fourth-order valence-electron chi connectivity index (χ4n) is 4.45. The van der Waals surface area contributed by atoms with Crippen molar-refractivity contribution in [2.75, 3.05) is 11.4 Å². The van der Waals surface area contributed by atoms with E-state index in [1.165, 1.54) is 26.9 Å². The minimum atomic E-state index is 0.318. The van der Waals surface area contributed by atoms with Crippen LogP contribution >= 0.6 is 11.3 Å². The first kappa shape index (κ1) is 20.0. The number of aromatic hydroxyl groups is 1. The van der Waals surface area contributed by atoms with Crippen LogP contribution in [-0.4, -0.2) is 27.7 Å². The highest BCUT2D eigenvalue weighted by molar-refractivity contribution is 7.17. The largest absolute Gasteiger partial charge is 0.508 e. The first-order chi connectivity index (χ1) is 15.1. The van der Waals surface area contributed by atoms with Gasteiger partial charge >= 0.3 is 0 Å². The fourth-order valence-corrected chi connectivity index (χ4v) is 5.39. The SMILES string of the molecule is CC(C)N1CCc2c(CCCc3ccc(O)cc3)nc(-c3csc4ccccc34)nc21. The smallest absolute Gasteiger partial charge is 0.163 e. The standard InChI is InChI=1S/C26H27N3OS/c1-17(2)29-15-14-21-23(8-5-6-18-10-12-19(30)13-11-18)27-25(28-26(21)29)22-16-31-24-9-4-3-7-20(22)24/h3-4,7,9-13,16-17,30H,5-6,8,14-15H2,1-2H3. The number of thiophene rings is 1. The van der Waals surface area contributed by atoms with Crippen molar-refractivity contribution in [3.63, 3.8) is 0 Å². The fraction of sp³-hybridized carbons (Fsp3) is 0.308. The molecule has 3 heterocycles. The summed E-state index contributed by atoms with van der Waals surface area (Å²) in [6, 6.07) is 16.5. The van der Waals surface area contributed by atoms with Gasteiger partial charge in [-0.05, 0) is 63.3 Å². The zero-order valence-electron chi connectivity index (χ0n) is 18.0. The molecule has 0 amide bonds. The van der Waals surface area contributed by atoms with Gasteiger partial charge in [0, 0.05) is 44.9 Å². The lowest BCUT2D eigenvalue weighted by Crippen LogP contribution is -2.29. The van der Waals surface area contributed by atoms with E-state index in [9.17, 15) is 5.11 Å². The second-order valence-electron chi connectivity index (χ2n) is 8.50. The Hall–Kier alpha value is -2.92. The molecule has 0 aliphatic carbocycles. The number of hydrogen-bond acceptors (Lipinski definition) is 5. The average Bonchev–Trinajstić information content (AvgIpc) is 3.39. The number of hydrogen-bond donors (Lipinski definition) is 1. The summed E-state index contributed by atoms with van der Waals surface area (Å²) in [5.41, 5.74) is 4.90. The molecule has 0 spiro atoms. The molecule has 5 heteroatoms. The molecule has 31 heavy (non-hydrogen) atoms. The van der Waals surface area contributed by atoms with E-state index in [1.54, 1.807) is 23.5 Å². The van der Waals surface area contributed by atoms with E-state index in [1.807, 2.05) is 12.1 Å². The van der Waals surface area contributed by atoms with Crippen molar-refractivity contribution in [1.82, 2.24) is 9.97 Å². The van der Waals surface area contributed by atoms with Gasteiger partial charge in [-0.2, -0.15) is 0 Å². The average molecular weight is 430 g/mol. The van der Waals surface area contributed by atoms with Crippen molar-refractivity contribution >= 4 is 27.2 Å². The van der Waals surface area contributed by atoms with Crippen LogP contribution in [0.2, 0.25) is 0 Å². The van der Waals surface area contributed by atoms with Gasteiger partial charge in [0.05, 0.1) is 0 Å². The minimum absolute atomic E-state index is 0.318. The molecule has 1 N–H and O–H groups in total. The molecule has 0 bridgehead atoms. The highest BCUT2D eigenvalue weighted by Gasteiger charge is 2.27. The third-order valence-electron chi connectivity index (χ3n) is 6.11. The number of rotatable bonds is 6. The second kappa shape index (κ2) is 8.31. The quantitative estimate of drug-likeness (QED) is 0.408. The van der Waals surface area contributed by atoms with E-state index in [2.05, 4.69) is 48.4 Å². The van der Waals surface area contributed by atoms with E-state index in [-0.39, 0.29) is 0 Å². The molecule has 0 saturated carbocycles. The van der Waals surface area contributed by atoms with Gasteiger partial charge in [0.15, 0.2) is 5.82 Å². The molecule has 2 aromatic heterocycles. The van der Waals surface area contributed by atoms with Gasteiger partial charge in [0.25, 0.3) is 0 Å². The summed E-state index contributed by atoms with van der Waals surface area (Å²) in [6.07, 6.45) is 3.96. The number of phenols is 1. The summed E-state index contributed by atoms with van der Waals surface area (Å²) in [5.74, 6) is 2.29. The Labute approximate surface area is 187 Å². The van der Waals surface area contributed by atoms with Gasteiger partial charge < -0.3 is 10.0 Å². The van der Waals surface area contributed by atoms with Gasteiger partial charge in [-0.25, -0.2) is 9.97 Å². The van der Waals surface area contributed by atoms with E-state index in [4.69, 9.17) is 9.97 Å². The summed E-state index contributed by atoms with van der Waals surface area (Å²) in [5, 5.41) is 12.9. The maximum atomic E-state index is 9.51. The number of fused-ring (bicyclic) bond motifs is 2. The Morgan fingerprint density at radius 1 is 1.03 bits per heavy atom. The van der Waals surface area contributed by atoms with Crippen LogP contribution in [0, 0.1) is 0 Å². The number of aryl methyl sites for hydroxylation is 2. The maximum absolute atomic E-state index is 9.51. The zero-order valence-corrected chi connectivity index (χ0v) is 18.8. The Morgan fingerprint density at radius 2 is 1.84 bits per heavy atom. The first-order valence-electron chi connectivity index (χ1n) is 11.0. The molecule has 158 valence electrons. The molecule has 0 fully saturated rings. The number of phenolic OH excluding ortho intramolecular Hbond substituents is 1. The van der Waals surface area contributed by atoms with Gasteiger partial charge in [-0.3, -0.25) is 0 Å². The molecule has 0 radical (unpaired) electrons. The van der Waals surface area contributed by atoms with E-state index >= 15 is 0 Å². The zero-order chi connectivity index (χ0) is 21.4. The van der Waals surface area contributed by atoms with Crippen LogP contribution in [0.3, 0.4) is 0 Å². The lowest BCUT2D eigenvalue weighted by Gasteiger charge is -2.23. The highest BCUT2D eigenvalue weighted by Crippen LogP contribution is 2.36. The molecule has 2 aromatic carbocycles. The van der Waals surface area contributed by atoms with Crippen molar-refractivity contribution in [3.05, 3.63) is 70.7 Å². The Morgan fingerprint density at radius 3 is 2.65 bits per heavy atom. The molecule has 5 rings (SSSR count). The molecule has 0 saturated heterocycles. The van der Waals surface area contributed by atoms with Crippen LogP contribution in [0.4, 0.5) is 5.82 Å². The van der Waals surface area contributed by atoms with Crippen molar-refractivity contribution in [3.8, 4) is 17.1 Å². The van der Waals surface area contributed by atoms with Crippen molar-refractivity contribution < 1.29 is 5.11 Å². The van der Waals surface area contributed by atoms with Gasteiger partial charge in [0.1, 0.15) is 11.6 Å². The third-order valence-corrected chi connectivity index (χ3v) is 7.07. The van der Waals surface area contributed by atoms with Crippen LogP contribution < -0.4 is 4.90 Å². The molecule has 0 unspecified atom stereocenters. The topological polar surface area (TPSA) is 49.2 Å². The van der Waals surface area contributed by atoms with Crippen molar-refractivity contribution in [2.45, 2.75) is 45.6 Å². The Kier molecular flexibility index (Phi) is 5.36. The highest BCUT2D eigenvalue weighted by atomic mass is 32.1. The number of anilines is 1. The first-order valence-corrected chi connectivity index (χ1v) is 11.9. The Balaban J connectivity index is 1.49. The van der Waals surface area contributed by atoms with Crippen LogP contribution in [0.5, 0.6) is 5.75 Å². The normalized spacial score (nSPS) is 13.3. The van der Waals surface area contributed by atoms with Crippen molar-refractivity contribution in [2.24, 2.45) is 0 Å². The van der Waals surface area contributed by atoms with Crippen LogP contribution in [0.15, 0.2) is 53.9 Å². The molecule has 1 aliphatic rings. The number of aromatic nitrogens is 2. The number of benzene rings is 2. The summed E-state index contributed by atoms with van der Waals surface area (Å²) in [6.45, 7) is 5.49. The maximum Gasteiger partial charge on any atom is 0.163 e. The predicted molar refractivity (Wildman–Crippen MR) is 129 cm³/mol. The monoisotopic (exact) mass is 429 g/mol.